The van der Waals surface area contributed by atoms with Crippen molar-refractivity contribution in [3.8, 4) is 0 Å². The van der Waals surface area contributed by atoms with Crippen molar-refractivity contribution < 1.29 is 8.42 Å². The van der Waals surface area contributed by atoms with E-state index in [2.05, 4.69) is 11.6 Å². The molecule has 1 radical (unpaired) electrons. The van der Waals surface area contributed by atoms with Gasteiger partial charge in [0.25, 0.3) is 0 Å². The minimum atomic E-state index is -3.27. The van der Waals surface area contributed by atoms with E-state index in [1.165, 1.54) is 70.0 Å². The largest absolute Gasteiger partial charge is 0.216 e. The summed E-state index contributed by atoms with van der Waals surface area (Å²) in [6.45, 7) is 2.62. The van der Waals surface area contributed by atoms with Crippen LogP contribution in [0.5, 0.6) is 0 Å². The standard InChI is InChI=1S/C22H38NO2S/c1-2-3-4-5-6-7-8-9-10-11-12-13-17-20-26(24,25)23-21-22-18-15-14-16-19-22/h14-16,18-20,23H,2-13,17,21H2,1H3. The van der Waals surface area contributed by atoms with Crippen LogP contribution >= 0.6 is 0 Å². The van der Waals surface area contributed by atoms with Gasteiger partial charge in [0.15, 0.2) is 0 Å². The molecule has 0 atom stereocenters. The van der Waals surface area contributed by atoms with Crippen LogP contribution in [0.1, 0.15) is 96.0 Å². The molecule has 26 heavy (non-hydrogen) atoms. The predicted octanol–water partition coefficient (Wildman–Crippen LogP) is 6.36. The van der Waals surface area contributed by atoms with Crippen molar-refractivity contribution in [1.29, 1.82) is 0 Å². The van der Waals surface area contributed by atoms with Crippen molar-refractivity contribution in [3.05, 3.63) is 41.6 Å². The summed E-state index contributed by atoms with van der Waals surface area (Å²) >= 11 is 0. The van der Waals surface area contributed by atoms with E-state index in [0.29, 0.717) is 13.0 Å². The molecule has 0 unspecified atom stereocenters. The Balaban J connectivity index is 1.90. The van der Waals surface area contributed by atoms with E-state index in [0.717, 1.165) is 18.4 Å². The molecule has 1 aromatic carbocycles. The van der Waals surface area contributed by atoms with Gasteiger partial charge < -0.3 is 0 Å². The zero-order valence-corrected chi connectivity index (χ0v) is 17.4. The van der Waals surface area contributed by atoms with Crippen LogP contribution in [0.2, 0.25) is 0 Å². The van der Waals surface area contributed by atoms with E-state index in [-0.39, 0.29) is 0 Å². The number of hydrogen-bond acceptors (Lipinski definition) is 2. The zero-order valence-electron chi connectivity index (χ0n) is 16.6. The number of unbranched alkanes of at least 4 members (excludes halogenated alkanes) is 12. The van der Waals surface area contributed by atoms with Gasteiger partial charge in [-0.25, -0.2) is 13.1 Å². The van der Waals surface area contributed by atoms with Gasteiger partial charge in [0.2, 0.25) is 10.0 Å². The quantitative estimate of drug-likeness (QED) is 0.320. The number of rotatable bonds is 17. The minimum absolute atomic E-state index is 0.359. The first-order chi connectivity index (χ1) is 12.6. The van der Waals surface area contributed by atoms with Gasteiger partial charge in [-0.3, -0.25) is 0 Å². The SMILES string of the molecule is CCCCCCCCCCCCCC[CH]S(=O)(=O)NCc1ccccc1. The number of benzene rings is 1. The average molecular weight is 381 g/mol. The van der Waals surface area contributed by atoms with Gasteiger partial charge in [0.1, 0.15) is 0 Å². The van der Waals surface area contributed by atoms with Crippen LogP contribution < -0.4 is 4.72 Å². The highest BCUT2D eigenvalue weighted by atomic mass is 32.2. The molecule has 0 aromatic heterocycles. The van der Waals surface area contributed by atoms with Crippen LogP contribution in [0, 0.1) is 5.75 Å². The molecule has 0 heterocycles. The lowest BCUT2D eigenvalue weighted by Gasteiger charge is -2.06. The Morgan fingerprint density at radius 1 is 0.769 bits per heavy atom. The molecule has 0 amide bonds. The molecular formula is C22H38NO2S. The summed E-state index contributed by atoms with van der Waals surface area (Å²) in [4.78, 5) is 0. The maximum atomic E-state index is 11.9. The van der Waals surface area contributed by atoms with E-state index in [1.807, 2.05) is 30.3 Å². The lowest BCUT2D eigenvalue weighted by Crippen LogP contribution is -2.23. The summed E-state index contributed by atoms with van der Waals surface area (Å²) in [5.74, 6) is 1.44. The monoisotopic (exact) mass is 380 g/mol. The van der Waals surface area contributed by atoms with Crippen LogP contribution in [-0.4, -0.2) is 8.42 Å². The van der Waals surface area contributed by atoms with Crippen molar-refractivity contribution in [2.24, 2.45) is 0 Å². The summed E-state index contributed by atoms with van der Waals surface area (Å²) < 4.78 is 26.5. The molecule has 1 N–H and O–H groups in total. The summed E-state index contributed by atoms with van der Waals surface area (Å²) in [5.41, 5.74) is 0.981. The second kappa shape index (κ2) is 15.2. The van der Waals surface area contributed by atoms with E-state index in [9.17, 15) is 8.42 Å². The van der Waals surface area contributed by atoms with E-state index < -0.39 is 10.0 Å². The van der Waals surface area contributed by atoms with Crippen molar-refractivity contribution in [1.82, 2.24) is 4.72 Å². The third-order valence-electron chi connectivity index (χ3n) is 4.72. The van der Waals surface area contributed by atoms with Crippen LogP contribution in [0.4, 0.5) is 0 Å². The zero-order chi connectivity index (χ0) is 18.9. The van der Waals surface area contributed by atoms with Crippen molar-refractivity contribution in [2.75, 3.05) is 0 Å². The van der Waals surface area contributed by atoms with E-state index >= 15 is 0 Å². The van der Waals surface area contributed by atoms with E-state index in [4.69, 9.17) is 0 Å². The Morgan fingerprint density at radius 3 is 1.81 bits per heavy atom. The van der Waals surface area contributed by atoms with Gasteiger partial charge in [0.05, 0.1) is 5.75 Å². The van der Waals surface area contributed by atoms with Crippen molar-refractivity contribution >= 4 is 10.0 Å². The molecular weight excluding hydrogens is 342 g/mol. The maximum Gasteiger partial charge on any atom is 0.216 e. The second-order valence-electron chi connectivity index (χ2n) is 7.20. The minimum Gasteiger partial charge on any atom is -0.212 e. The Hall–Kier alpha value is -0.870. The number of nitrogens with one attached hydrogen (secondary N) is 1. The number of sulfonamides is 1. The summed E-state index contributed by atoms with van der Waals surface area (Å²) in [7, 11) is -3.27. The Labute approximate surface area is 162 Å². The van der Waals surface area contributed by atoms with Crippen molar-refractivity contribution in [3.63, 3.8) is 0 Å². The first-order valence-electron chi connectivity index (χ1n) is 10.5. The fourth-order valence-corrected chi connectivity index (χ4v) is 4.03. The Kier molecular flexibility index (Phi) is 13.6. The topological polar surface area (TPSA) is 46.2 Å². The summed E-state index contributed by atoms with van der Waals surface area (Å²) in [6.07, 6.45) is 16.2. The molecule has 0 aliphatic rings. The highest BCUT2D eigenvalue weighted by Crippen LogP contribution is 2.13. The smallest absolute Gasteiger partial charge is 0.212 e. The van der Waals surface area contributed by atoms with Crippen LogP contribution in [0.15, 0.2) is 30.3 Å². The molecule has 0 bridgehead atoms. The van der Waals surface area contributed by atoms with Crippen LogP contribution in [0.25, 0.3) is 0 Å². The Morgan fingerprint density at radius 2 is 1.27 bits per heavy atom. The molecule has 0 saturated carbocycles. The molecule has 0 aliphatic heterocycles. The molecule has 1 aromatic rings. The normalized spacial score (nSPS) is 11.7. The molecule has 0 aliphatic carbocycles. The fraction of sp³-hybridized carbons (Fsp3) is 0.682. The average Bonchev–Trinajstić information content (AvgIpc) is 2.65. The fourth-order valence-electron chi connectivity index (χ4n) is 3.06. The second-order valence-corrected chi connectivity index (χ2v) is 8.91. The maximum absolute atomic E-state index is 11.9. The van der Waals surface area contributed by atoms with Gasteiger partial charge in [-0.05, 0) is 12.0 Å². The molecule has 1 rings (SSSR count). The predicted molar refractivity (Wildman–Crippen MR) is 112 cm³/mol. The van der Waals surface area contributed by atoms with Crippen LogP contribution in [0.3, 0.4) is 0 Å². The van der Waals surface area contributed by atoms with Gasteiger partial charge in [0, 0.05) is 6.54 Å². The highest BCUT2D eigenvalue weighted by Gasteiger charge is 2.09. The van der Waals surface area contributed by atoms with E-state index in [1.54, 1.807) is 0 Å². The molecule has 0 spiro atoms. The summed E-state index contributed by atoms with van der Waals surface area (Å²) in [6, 6.07) is 9.61. The number of hydrogen-bond donors (Lipinski definition) is 1. The molecule has 0 fully saturated rings. The lowest BCUT2D eigenvalue weighted by atomic mass is 10.1. The van der Waals surface area contributed by atoms with Gasteiger partial charge >= 0.3 is 0 Å². The third kappa shape index (κ3) is 13.3. The summed E-state index contributed by atoms with van der Waals surface area (Å²) in [5, 5.41) is 0. The molecule has 4 heteroatoms. The molecule has 3 nitrogen and oxygen atoms in total. The lowest BCUT2D eigenvalue weighted by molar-refractivity contribution is 0.543. The Bertz CT molecular complexity index is 528. The molecule has 0 saturated heterocycles. The third-order valence-corrected chi connectivity index (χ3v) is 5.94. The first-order valence-corrected chi connectivity index (χ1v) is 12.1. The van der Waals surface area contributed by atoms with Gasteiger partial charge in [-0.15, -0.1) is 0 Å². The van der Waals surface area contributed by atoms with Crippen LogP contribution in [-0.2, 0) is 16.6 Å². The molecule has 149 valence electrons. The van der Waals surface area contributed by atoms with Crippen molar-refractivity contribution in [2.45, 2.75) is 96.9 Å². The first kappa shape index (κ1) is 23.2. The van der Waals surface area contributed by atoms with Gasteiger partial charge in [-0.2, -0.15) is 0 Å². The van der Waals surface area contributed by atoms with Gasteiger partial charge in [-0.1, -0.05) is 114 Å². The highest BCUT2D eigenvalue weighted by molar-refractivity contribution is 7.91.